The van der Waals surface area contributed by atoms with Crippen LogP contribution in [0.15, 0.2) is 12.2 Å². The van der Waals surface area contributed by atoms with Gasteiger partial charge in [0.1, 0.15) is 0 Å². The summed E-state index contributed by atoms with van der Waals surface area (Å²) in [5, 5.41) is 0. The van der Waals surface area contributed by atoms with Crippen LogP contribution in [0.25, 0.3) is 0 Å². The van der Waals surface area contributed by atoms with Crippen LogP contribution in [0.1, 0.15) is 48.0 Å². The van der Waals surface area contributed by atoms with Crippen LogP contribution in [-0.2, 0) is 0 Å². The van der Waals surface area contributed by atoms with Crippen LogP contribution in [-0.4, -0.2) is 0 Å². The zero-order chi connectivity index (χ0) is 9.78. The highest BCUT2D eigenvalue weighted by molar-refractivity contribution is 4.96. The summed E-state index contributed by atoms with van der Waals surface area (Å²) in [5.41, 5.74) is 0.356. The summed E-state index contributed by atoms with van der Waals surface area (Å²) in [7, 11) is 0. The van der Waals surface area contributed by atoms with Crippen molar-refractivity contribution < 1.29 is 0 Å². The van der Waals surface area contributed by atoms with Gasteiger partial charge in [0.15, 0.2) is 0 Å². The molecule has 0 amide bonds. The second-order valence-electron chi connectivity index (χ2n) is 5.01. The Balaban J connectivity index is 3.96. The normalized spacial score (nSPS) is 13.7. The van der Waals surface area contributed by atoms with Gasteiger partial charge in [-0.2, -0.15) is 0 Å². The highest BCUT2D eigenvalue weighted by Gasteiger charge is 2.17. The maximum atomic E-state index is 2.36. The van der Waals surface area contributed by atoms with E-state index in [9.17, 15) is 0 Å². The van der Waals surface area contributed by atoms with Crippen molar-refractivity contribution >= 4 is 0 Å². The second-order valence-corrected chi connectivity index (χ2v) is 5.01. The largest absolute Gasteiger partial charge is 0.0877 e. The molecule has 0 aromatic rings. The molecule has 0 aromatic carbocycles. The van der Waals surface area contributed by atoms with Gasteiger partial charge in [-0.1, -0.05) is 53.7 Å². The Bertz CT molecular complexity index is 138. The standard InChI is InChI=1S/C12H24/c1-10(2)8-7-9-12(5,6)11(3)4/h7,9-11H,8H2,1-6H3/b9-7+. The minimum Gasteiger partial charge on any atom is -0.0877 e. The zero-order valence-electron chi connectivity index (χ0n) is 9.52. The number of hydrogen-bond acceptors (Lipinski definition) is 0. The van der Waals surface area contributed by atoms with E-state index < -0.39 is 0 Å². The summed E-state index contributed by atoms with van der Waals surface area (Å²) < 4.78 is 0. The predicted octanol–water partition coefficient (Wildman–Crippen LogP) is 4.27. The predicted molar refractivity (Wildman–Crippen MR) is 57.2 cm³/mol. The monoisotopic (exact) mass is 168 g/mol. The minimum absolute atomic E-state index is 0.356. The van der Waals surface area contributed by atoms with Gasteiger partial charge >= 0.3 is 0 Å². The molecule has 0 N–H and O–H groups in total. The highest BCUT2D eigenvalue weighted by atomic mass is 14.2. The maximum absolute atomic E-state index is 2.36. The van der Waals surface area contributed by atoms with E-state index in [-0.39, 0.29) is 0 Å². The van der Waals surface area contributed by atoms with Crippen LogP contribution >= 0.6 is 0 Å². The molecule has 0 atom stereocenters. The first kappa shape index (κ1) is 11.7. The Kier molecular flexibility index (Phi) is 4.59. The van der Waals surface area contributed by atoms with Gasteiger partial charge in [0.25, 0.3) is 0 Å². The first-order chi connectivity index (χ1) is 5.36. The molecule has 0 aliphatic heterocycles. The first-order valence-corrected chi connectivity index (χ1v) is 5.04. The molecule has 0 aromatic heterocycles. The van der Waals surface area contributed by atoms with Crippen LogP contribution in [0.3, 0.4) is 0 Å². The molecule has 0 fully saturated rings. The molecule has 0 aliphatic rings. The van der Waals surface area contributed by atoms with Crippen molar-refractivity contribution in [3.05, 3.63) is 12.2 Å². The molecular formula is C12H24. The molecule has 0 saturated carbocycles. The van der Waals surface area contributed by atoms with E-state index in [2.05, 4.69) is 53.7 Å². The van der Waals surface area contributed by atoms with Crippen molar-refractivity contribution in [2.24, 2.45) is 17.3 Å². The number of allylic oxidation sites excluding steroid dienone is 2. The van der Waals surface area contributed by atoms with Gasteiger partial charge in [-0.3, -0.25) is 0 Å². The Morgan fingerprint density at radius 1 is 1.08 bits per heavy atom. The lowest BCUT2D eigenvalue weighted by molar-refractivity contribution is 0.332. The molecule has 12 heavy (non-hydrogen) atoms. The lowest BCUT2D eigenvalue weighted by atomic mass is 9.80. The van der Waals surface area contributed by atoms with Crippen molar-refractivity contribution in [1.82, 2.24) is 0 Å². The fraction of sp³-hybridized carbons (Fsp3) is 0.833. The Labute approximate surface area is 78.1 Å². The number of rotatable bonds is 4. The third-order valence-electron chi connectivity index (χ3n) is 2.64. The van der Waals surface area contributed by atoms with Crippen LogP contribution in [0.4, 0.5) is 0 Å². The lowest BCUT2D eigenvalue weighted by Crippen LogP contribution is -2.15. The molecule has 0 aliphatic carbocycles. The minimum atomic E-state index is 0.356. The highest BCUT2D eigenvalue weighted by Crippen LogP contribution is 2.27. The van der Waals surface area contributed by atoms with Gasteiger partial charge in [0, 0.05) is 0 Å². The third-order valence-corrected chi connectivity index (χ3v) is 2.64. The lowest BCUT2D eigenvalue weighted by Gasteiger charge is -2.25. The van der Waals surface area contributed by atoms with Crippen molar-refractivity contribution in [3.63, 3.8) is 0 Å². The van der Waals surface area contributed by atoms with Crippen molar-refractivity contribution in [2.45, 2.75) is 48.0 Å². The Morgan fingerprint density at radius 2 is 1.58 bits per heavy atom. The zero-order valence-corrected chi connectivity index (χ0v) is 9.52. The van der Waals surface area contributed by atoms with E-state index in [1.54, 1.807) is 0 Å². The molecule has 0 bridgehead atoms. The van der Waals surface area contributed by atoms with Gasteiger partial charge < -0.3 is 0 Å². The van der Waals surface area contributed by atoms with Crippen LogP contribution in [0.5, 0.6) is 0 Å². The molecule has 0 nitrogen and oxygen atoms in total. The fourth-order valence-corrected chi connectivity index (χ4v) is 0.836. The fourth-order valence-electron chi connectivity index (χ4n) is 0.836. The van der Waals surface area contributed by atoms with E-state index in [1.165, 1.54) is 6.42 Å². The molecule has 0 rings (SSSR count). The van der Waals surface area contributed by atoms with Gasteiger partial charge in [-0.25, -0.2) is 0 Å². The van der Waals surface area contributed by atoms with E-state index in [0.717, 1.165) is 11.8 Å². The number of hydrogen-bond donors (Lipinski definition) is 0. The SMILES string of the molecule is CC(C)C/C=C/C(C)(C)C(C)C. The molecule has 0 radical (unpaired) electrons. The molecule has 0 heterocycles. The topological polar surface area (TPSA) is 0 Å². The summed E-state index contributed by atoms with van der Waals surface area (Å²) in [6.45, 7) is 13.7. The van der Waals surface area contributed by atoms with E-state index in [1.807, 2.05) is 0 Å². The molecule has 0 heteroatoms. The summed E-state index contributed by atoms with van der Waals surface area (Å²) in [4.78, 5) is 0. The van der Waals surface area contributed by atoms with E-state index in [4.69, 9.17) is 0 Å². The summed E-state index contributed by atoms with van der Waals surface area (Å²) >= 11 is 0. The quantitative estimate of drug-likeness (QED) is 0.550. The smallest absolute Gasteiger partial charge is 0.0152 e. The average Bonchev–Trinajstić information content (AvgIpc) is 1.85. The second kappa shape index (κ2) is 4.69. The Hall–Kier alpha value is -0.260. The van der Waals surface area contributed by atoms with Crippen LogP contribution in [0, 0.1) is 17.3 Å². The van der Waals surface area contributed by atoms with Gasteiger partial charge in [0.2, 0.25) is 0 Å². The summed E-state index contributed by atoms with van der Waals surface area (Å²) in [6.07, 6.45) is 5.89. The molecule has 0 unspecified atom stereocenters. The first-order valence-electron chi connectivity index (χ1n) is 5.04. The molecule has 0 spiro atoms. The van der Waals surface area contributed by atoms with Crippen molar-refractivity contribution in [1.29, 1.82) is 0 Å². The van der Waals surface area contributed by atoms with Gasteiger partial charge in [0.05, 0.1) is 0 Å². The molecular weight excluding hydrogens is 144 g/mol. The van der Waals surface area contributed by atoms with E-state index >= 15 is 0 Å². The third kappa shape index (κ3) is 4.58. The van der Waals surface area contributed by atoms with Gasteiger partial charge in [-0.05, 0) is 23.7 Å². The van der Waals surface area contributed by atoms with Crippen molar-refractivity contribution in [3.8, 4) is 0 Å². The van der Waals surface area contributed by atoms with Crippen LogP contribution < -0.4 is 0 Å². The van der Waals surface area contributed by atoms with Gasteiger partial charge in [-0.15, -0.1) is 0 Å². The maximum Gasteiger partial charge on any atom is -0.0152 e. The van der Waals surface area contributed by atoms with Crippen LogP contribution in [0.2, 0.25) is 0 Å². The Morgan fingerprint density at radius 3 is 1.92 bits per heavy atom. The van der Waals surface area contributed by atoms with E-state index in [0.29, 0.717) is 5.41 Å². The molecule has 0 saturated heterocycles. The summed E-state index contributed by atoms with van der Waals surface area (Å²) in [6, 6.07) is 0. The molecule has 72 valence electrons. The van der Waals surface area contributed by atoms with Crippen molar-refractivity contribution in [2.75, 3.05) is 0 Å². The average molecular weight is 168 g/mol. The summed E-state index contributed by atoms with van der Waals surface area (Å²) in [5.74, 6) is 1.50.